The van der Waals surface area contributed by atoms with Crippen molar-refractivity contribution in [1.29, 1.82) is 0 Å². The summed E-state index contributed by atoms with van der Waals surface area (Å²) >= 11 is 0. The largest absolute Gasteiger partial charge is 0.303 e. The van der Waals surface area contributed by atoms with Crippen LogP contribution in [-0.4, -0.2) is 6.29 Å². The first-order chi connectivity index (χ1) is 5.33. The van der Waals surface area contributed by atoms with Crippen molar-refractivity contribution in [2.45, 2.75) is 39.0 Å². The zero-order valence-corrected chi connectivity index (χ0v) is 7.18. The van der Waals surface area contributed by atoms with Crippen LogP contribution in [0.25, 0.3) is 0 Å². The number of hydrogen-bond acceptors (Lipinski definition) is 1. The van der Waals surface area contributed by atoms with Crippen LogP contribution in [0.3, 0.4) is 0 Å². The fraction of sp³-hybridized carbons (Fsp3) is 0.700. The van der Waals surface area contributed by atoms with E-state index in [9.17, 15) is 4.79 Å². The maximum absolute atomic E-state index is 10.8. The molecule has 1 saturated carbocycles. The van der Waals surface area contributed by atoms with Gasteiger partial charge < -0.3 is 4.79 Å². The van der Waals surface area contributed by atoms with E-state index in [0.717, 1.165) is 19.3 Å². The normalized spacial score (nSPS) is 22.6. The minimum absolute atomic E-state index is 0.0203. The summed E-state index contributed by atoms with van der Waals surface area (Å²) in [5.74, 6) is 0. The van der Waals surface area contributed by atoms with Gasteiger partial charge in [-0.2, -0.15) is 0 Å². The Hall–Kier alpha value is -0.590. The summed E-state index contributed by atoms with van der Waals surface area (Å²) < 4.78 is 0. The van der Waals surface area contributed by atoms with Gasteiger partial charge in [-0.25, -0.2) is 0 Å². The molecule has 0 aliphatic heterocycles. The predicted octanol–water partition coefficient (Wildman–Crippen LogP) is 2.71. The Labute approximate surface area is 68.5 Å². The fourth-order valence-electron chi connectivity index (χ4n) is 1.80. The van der Waals surface area contributed by atoms with E-state index in [4.69, 9.17) is 0 Å². The summed E-state index contributed by atoms with van der Waals surface area (Å²) in [7, 11) is 0. The standard InChI is InChI=1S/C10H16O/c1-2-3-6-10(9-11)7-4-5-8-10/h2-3,9H,4-8H2,1H3/b3-2+. The van der Waals surface area contributed by atoms with Crippen LogP contribution in [0.15, 0.2) is 12.2 Å². The second-order valence-corrected chi connectivity index (χ2v) is 3.46. The molecule has 1 aliphatic carbocycles. The molecule has 1 heteroatoms. The van der Waals surface area contributed by atoms with E-state index in [0.29, 0.717) is 0 Å². The molecule has 0 heterocycles. The van der Waals surface area contributed by atoms with Gasteiger partial charge in [0.05, 0.1) is 0 Å². The summed E-state index contributed by atoms with van der Waals surface area (Å²) in [6, 6.07) is 0. The van der Waals surface area contributed by atoms with Crippen LogP contribution < -0.4 is 0 Å². The van der Waals surface area contributed by atoms with Gasteiger partial charge >= 0.3 is 0 Å². The van der Waals surface area contributed by atoms with Gasteiger partial charge in [0, 0.05) is 5.41 Å². The molecule has 1 aliphatic rings. The molecule has 0 unspecified atom stereocenters. The van der Waals surface area contributed by atoms with Crippen molar-refractivity contribution in [2.75, 3.05) is 0 Å². The van der Waals surface area contributed by atoms with Gasteiger partial charge in [0.25, 0.3) is 0 Å². The SMILES string of the molecule is C/C=C/CC1(C=O)CCCC1. The first-order valence-corrected chi connectivity index (χ1v) is 4.40. The highest BCUT2D eigenvalue weighted by atomic mass is 16.1. The summed E-state index contributed by atoms with van der Waals surface area (Å²) in [5, 5.41) is 0. The zero-order valence-electron chi connectivity index (χ0n) is 7.18. The maximum atomic E-state index is 10.8. The Kier molecular flexibility index (Phi) is 2.86. The molecule has 1 rings (SSSR count). The number of carbonyl (C=O) groups is 1. The van der Waals surface area contributed by atoms with Gasteiger partial charge in [0.15, 0.2) is 0 Å². The zero-order chi connectivity index (χ0) is 8.16. The van der Waals surface area contributed by atoms with Crippen LogP contribution in [0.4, 0.5) is 0 Å². The third-order valence-corrected chi connectivity index (χ3v) is 2.61. The van der Waals surface area contributed by atoms with E-state index >= 15 is 0 Å². The summed E-state index contributed by atoms with van der Waals surface area (Å²) in [4.78, 5) is 10.8. The highest BCUT2D eigenvalue weighted by molar-refractivity contribution is 5.60. The third kappa shape index (κ3) is 1.92. The number of allylic oxidation sites excluding steroid dienone is 2. The van der Waals surface area contributed by atoms with E-state index in [1.165, 1.54) is 19.1 Å². The number of carbonyl (C=O) groups excluding carboxylic acids is 1. The van der Waals surface area contributed by atoms with Crippen molar-refractivity contribution in [3.05, 3.63) is 12.2 Å². The molecule has 0 radical (unpaired) electrons. The average Bonchev–Trinajstić information content (AvgIpc) is 2.50. The molecule has 62 valence electrons. The van der Waals surface area contributed by atoms with Gasteiger partial charge in [-0.05, 0) is 26.2 Å². The second-order valence-electron chi connectivity index (χ2n) is 3.46. The lowest BCUT2D eigenvalue weighted by molar-refractivity contribution is -0.115. The molecule has 0 aromatic rings. The molecule has 0 spiro atoms. The fourth-order valence-corrected chi connectivity index (χ4v) is 1.80. The average molecular weight is 152 g/mol. The van der Waals surface area contributed by atoms with Gasteiger partial charge in [0.1, 0.15) is 6.29 Å². The minimum Gasteiger partial charge on any atom is -0.303 e. The third-order valence-electron chi connectivity index (χ3n) is 2.61. The molecule has 1 nitrogen and oxygen atoms in total. The Morgan fingerprint density at radius 3 is 2.45 bits per heavy atom. The van der Waals surface area contributed by atoms with Crippen LogP contribution in [0.5, 0.6) is 0 Å². The lowest BCUT2D eigenvalue weighted by atomic mass is 9.84. The monoisotopic (exact) mass is 152 g/mol. The number of rotatable bonds is 3. The van der Waals surface area contributed by atoms with E-state index in [-0.39, 0.29) is 5.41 Å². The van der Waals surface area contributed by atoms with E-state index in [2.05, 4.69) is 6.08 Å². The molecule has 0 amide bonds. The van der Waals surface area contributed by atoms with Gasteiger partial charge in [-0.15, -0.1) is 0 Å². The Bertz CT molecular complexity index is 152. The molecule has 0 atom stereocenters. The first kappa shape index (κ1) is 8.51. The van der Waals surface area contributed by atoms with Crippen LogP contribution in [-0.2, 0) is 4.79 Å². The lowest BCUT2D eigenvalue weighted by Gasteiger charge is -2.18. The van der Waals surface area contributed by atoms with Crippen molar-refractivity contribution in [3.63, 3.8) is 0 Å². The molecule has 0 N–H and O–H groups in total. The molecule has 0 saturated heterocycles. The van der Waals surface area contributed by atoms with Crippen molar-refractivity contribution in [3.8, 4) is 0 Å². The second kappa shape index (κ2) is 3.70. The lowest BCUT2D eigenvalue weighted by Crippen LogP contribution is -2.16. The maximum Gasteiger partial charge on any atom is 0.126 e. The van der Waals surface area contributed by atoms with Crippen LogP contribution in [0.1, 0.15) is 39.0 Å². The quantitative estimate of drug-likeness (QED) is 0.449. The highest BCUT2D eigenvalue weighted by Gasteiger charge is 2.31. The van der Waals surface area contributed by atoms with Gasteiger partial charge in [0.2, 0.25) is 0 Å². The van der Waals surface area contributed by atoms with E-state index < -0.39 is 0 Å². The molecular weight excluding hydrogens is 136 g/mol. The smallest absolute Gasteiger partial charge is 0.126 e. The van der Waals surface area contributed by atoms with Crippen molar-refractivity contribution in [1.82, 2.24) is 0 Å². The molecule has 0 bridgehead atoms. The minimum atomic E-state index is 0.0203. The molecule has 11 heavy (non-hydrogen) atoms. The van der Waals surface area contributed by atoms with Gasteiger partial charge in [-0.1, -0.05) is 25.0 Å². The topological polar surface area (TPSA) is 17.1 Å². The van der Waals surface area contributed by atoms with Crippen LogP contribution >= 0.6 is 0 Å². The summed E-state index contributed by atoms with van der Waals surface area (Å²) in [5.41, 5.74) is 0.0203. The molecular formula is C10H16O. The Morgan fingerprint density at radius 1 is 1.36 bits per heavy atom. The number of aldehydes is 1. The van der Waals surface area contributed by atoms with E-state index in [1.54, 1.807) is 0 Å². The van der Waals surface area contributed by atoms with Crippen molar-refractivity contribution < 1.29 is 4.79 Å². The Morgan fingerprint density at radius 2 is 2.00 bits per heavy atom. The molecule has 0 aromatic heterocycles. The van der Waals surface area contributed by atoms with Crippen molar-refractivity contribution >= 4 is 6.29 Å². The molecule has 0 aromatic carbocycles. The first-order valence-electron chi connectivity index (χ1n) is 4.40. The highest BCUT2D eigenvalue weighted by Crippen LogP contribution is 2.39. The van der Waals surface area contributed by atoms with E-state index in [1.807, 2.05) is 13.0 Å². The van der Waals surface area contributed by atoms with Crippen molar-refractivity contribution in [2.24, 2.45) is 5.41 Å². The number of hydrogen-bond donors (Lipinski definition) is 0. The van der Waals surface area contributed by atoms with Crippen LogP contribution in [0.2, 0.25) is 0 Å². The predicted molar refractivity (Wildman–Crippen MR) is 46.4 cm³/mol. The Balaban J connectivity index is 2.52. The summed E-state index contributed by atoms with van der Waals surface area (Å²) in [6.45, 7) is 2.01. The van der Waals surface area contributed by atoms with Crippen LogP contribution in [0, 0.1) is 5.41 Å². The summed E-state index contributed by atoms with van der Waals surface area (Å²) in [6.07, 6.45) is 10.9. The van der Waals surface area contributed by atoms with Gasteiger partial charge in [-0.3, -0.25) is 0 Å². The molecule has 1 fully saturated rings.